The fourth-order valence-electron chi connectivity index (χ4n) is 2.24. The Hall–Kier alpha value is -2.04. The molecule has 0 radical (unpaired) electrons. The minimum Gasteiger partial charge on any atom is -0.368 e. The Morgan fingerprint density at radius 2 is 1.89 bits per heavy atom. The summed E-state index contributed by atoms with van der Waals surface area (Å²) in [5.74, 6) is 0. The molecule has 1 aromatic carbocycles. The molecule has 1 heterocycles. The van der Waals surface area contributed by atoms with E-state index < -0.39 is 0 Å². The molecule has 0 aromatic heterocycles. The Labute approximate surface area is 108 Å². The van der Waals surface area contributed by atoms with Gasteiger partial charge in [0.05, 0.1) is 23.9 Å². The zero-order chi connectivity index (χ0) is 13.0. The van der Waals surface area contributed by atoms with Crippen LogP contribution in [0.2, 0.25) is 0 Å². The molecular weight excluding hydrogens is 224 g/mol. The summed E-state index contributed by atoms with van der Waals surface area (Å²) in [5, 5.41) is 17.8. The van der Waals surface area contributed by atoms with Crippen LogP contribution in [0.25, 0.3) is 0 Å². The quantitative estimate of drug-likeness (QED) is 0.735. The monoisotopic (exact) mass is 240 g/mol. The van der Waals surface area contributed by atoms with E-state index in [2.05, 4.69) is 28.0 Å². The maximum Gasteiger partial charge on any atom is 0.101 e. The summed E-state index contributed by atoms with van der Waals surface area (Å²) in [6, 6.07) is 10.3. The van der Waals surface area contributed by atoms with E-state index >= 15 is 0 Å². The molecule has 0 spiro atoms. The molecule has 1 aromatic rings. The van der Waals surface area contributed by atoms with Crippen LogP contribution in [0, 0.1) is 29.6 Å². The highest BCUT2D eigenvalue weighted by Gasteiger charge is 2.18. The lowest BCUT2D eigenvalue weighted by Crippen LogP contribution is -2.46. The van der Waals surface area contributed by atoms with Crippen LogP contribution in [0.5, 0.6) is 0 Å². The summed E-state index contributed by atoms with van der Waals surface area (Å²) in [6.07, 6.45) is 0. The summed E-state index contributed by atoms with van der Waals surface area (Å²) >= 11 is 0. The van der Waals surface area contributed by atoms with E-state index in [4.69, 9.17) is 10.5 Å². The second kappa shape index (κ2) is 5.53. The van der Waals surface area contributed by atoms with Crippen molar-refractivity contribution >= 4 is 5.69 Å². The summed E-state index contributed by atoms with van der Waals surface area (Å²) in [4.78, 5) is 4.37. The highest BCUT2D eigenvalue weighted by Crippen LogP contribution is 2.22. The molecule has 92 valence electrons. The molecule has 0 N–H and O–H groups in total. The van der Waals surface area contributed by atoms with E-state index in [9.17, 15) is 0 Å². The number of benzene rings is 1. The van der Waals surface area contributed by atoms with Crippen LogP contribution in [0.1, 0.15) is 11.1 Å². The Morgan fingerprint density at radius 1 is 1.17 bits per heavy atom. The van der Waals surface area contributed by atoms with Crippen molar-refractivity contribution in [2.75, 3.05) is 37.6 Å². The lowest BCUT2D eigenvalue weighted by molar-refractivity contribution is 0.287. The van der Waals surface area contributed by atoms with Crippen molar-refractivity contribution in [3.63, 3.8) is 0 Å². The number of anilines is 1. The van der Waals surface area contributed by atoms with Crippen molar-refractivity contribution in [1.29, 1.82) is 10.5 Å². The van der Waals surface area contributed by atoms with E-state index in [1.165, 1.54) is 5.56 Å². The first-order valence-electron chi connectivity index (χ1n) is 6.09. The molecule has 4 nitrogen and oxygen atoms in total. The van der Waals surface area contributed by atoms with Crippen LogP contribution in [0.3, 0.4) is 0 Å². The fourth-order valence-corrected chi connectivity index (χ4v) is 2.24. The number of nitriles is 2. The van der Waals surface area contributed by atoms with Crippen LogP contribution in [-0.4, -0.2) is 37.6 Å². The van der Waals surface area contributed by atoms with Gasteiger partial charge in [0.25, 0.3) is 0 Å². The Balaban J connectivity index is 2.12. The zero-order valence-electron chi connectivity index (χ0n) is 10.6. The Morgan fingerprint density at radius 3 is 2.50 bits per heavy atom. The molecule has 1 saturated heterocycles. The van der Waals surface area contributed by atoms with Gasteiger partial charge in [-0.1, -0.05) is 6.07 Å². The van der Waals surface area contributed by atoms with Crippen LogP contribution in [-0.2, 0) is 0 Å². The van der Waals surface area contributed by atoms with Gasteiger partial charge >= 0.3 is 0 Å². The van der Waals surface area contributed by atoms with Crippen LogP contribution in [0.4, 0.5) is 5.69 Å². The number of hydrogen-bond acceptors (Lipinski definition) is 4. The van der Waals surface area contributed by atoms with Gasteiger partial charge in [-0.25, -0.2) is 0 Å². The average Bonchev–Trinajstić information content (AvgIpc) is 2.40. The maximum absolute atomic E-state index is 9.15. The van der Waals surface area contributed by atoms with Gasteiger partial charge in [-0.3, -0.25) is 4.90 Å². The van der Waals surface area contributed by atoms with Crippen molar-refractivity contribution < 1.29 is 0 Å². The average molecular weight is 240 g/mol. The van der Waals surface area contributed by atoms with Crippen molar-refractivity contribution in [2.24, 2.45) is 0 Å². The van der Waals surface area contributed by atoms with Crippen molar-refractivity contribution in [2.45, 2.75) is 6.92 Å². The fraction of sp³-hybridized carbons (Fsp3) is 0.429. The Bertz CT molecular complexity index is 502. The number of hydrogen-bond donors (Lipinski definition) is 0. The molecule has 1 fully saturated rings. The number of aryl methyl sites for hydroxylation is 1. The van der Waals surface area contributed by atoms with Gasteiger partial charge in [0.2, 0.25) is 0 Å². The second-order valence-electron chi connectivity index (χ2n) is 4.55. The smallest absolute Gasteiger partial charge is 0.101 e. The lowest BCUT2D eigenvalue weighted by atomic mass is 10.1. The number of rotatable bonds is 2. The van der Waals surface area contributed by atoms with Crippen molar-refractivity contribution in [3.05, 3.63) is 29.3 Å². The molecule has 0 bridgehead atoms. The molecule has 0 saturated carbocycles. The molecule has 0 unspecified atom stereocenters. The summed E-state index contributed by atoms with van der Waals surface area (Å²) < 4.78 is 0. The number of piperazine rings is 1. The van der Waals surface area contributed by atoms with Crippen LogP contribution < -0.4 is 4.90 Å². The highest BCUT2D eigenvalue weighted by molar-refractivity contribution is 5.61. The first-order chi connectivity index (χ1) is 8.74. The third-order valence-corrected chi connectivity index (χ3v) is 3.28. The van der Waals surface area contributed by atoms with Gasteiger partial charge in [-0.2, -0.15) is 10.5 Å². The van der Waals surface area contributed by atoms with Gasteiger partial charge < -0.3 is 4.90 Å². The summed E-state index contributed by atoms with van der Waals surface area (Å²) in [5.41, 5.74) is 2.92. The topological polar surface area (TPSA) is 54.1 Å². The third-order valence-electron chi connectivity index (χ3n) is 3.28. The molecule has 0 atom stereocenters. The molecule has 2 rings (SSSR count). The van der Waals surface area contributed by atoms with E-state index in [0.29, 0.717) is 6.54 Å². The molecule has 1 aliphatic rings. The van der Waals surface area contributed by atoms with E-state index in [0.717, 1.165) is 37.4 Å². The number of nitrogens with zero attached hydrogens (tertiary/aromatic N) is 4. The maximum atomic E-state index is 9.15. The Kier molecular flexibility index (Phi) is 3.82. The standard InChI is InChI=1S/C14H16N4/c1-12-2-3-13(11-16)14(10-12)18-8-6-17(5-4-15)7-9-18/h2-3,10H,5-9H2,1H3. The van der Waals surface area contributed by atoms with Crippen molar-refractivity contribution in [1.82, 2.24) is 4.90 Å². The van der Waals surface area contributed by atoms with Gasteiger partial charge in [0.15, 0.2) is 0 Å². The van der Waals surface area contributed by atoms with Crippen LogP contribution in [0.15, 0.2) is 18.2 Å². The first kappa shape index (κ1) is 12.4. The van der Waals surface area contributed by atoms with Gasteiger partial charge in [0, 0.05) is 26.2 Å². The van der Waals surface area contributed by atoms with Gasteiger partial charge in [-0.15, -0.1) is 0 Å². The predicted octanol–water partition coefficient (Wildman–Crippen LogP) is 1.51. The lowest BCUT2D eigenvalue weighted by Gasteiger charge is -2.35. The normalized spacial score (nSPS) is 16.1. The third kappa shape index (κ3) is 2.61. The SMILES string of the molecule is Cc1ccc(C#N)c(N2CCN(CC#N)CC2)c1. The molecule has 0 amide bonds. The summed E-state index contributed by atoms with van der Waals surface area (Å²) in [6.45, 7) is 6.04. The van der Waals surface area contributed by atoms with Gasteiger partial charge in [0.1, 0.15) is 6.07 Å². The van der Waals surface area contributed by atoms with E-state index in [1.54, 1.807) is 0 Å². The first-order valence-corrected chi connectivity index (χ1v) is 6.09. The van der Waals surface area contributed by atoms with Crippen LogP contribution >= 0.6 is 0 Å². The summed E-state index contributed by atoms with van der Waals surface area (Å²) in [7, 11) is 0. The highest BCUT2D eigenvalue weighted by atomic mass is 15.3. The van der Waals surface area contributed by atoms with E-state index in [1.807, 2.05) is 19.1 Å². The second-order valence-corrected chi connectivity index (χ2v) is 4.55. The zero-order valence-corrected chi connectivity index (χ0v) is 10.6. The predicted molar refractivity (Wildman–Crippen MR) is 70.2 cm³/mol. The molecular formula is C14H16N4. The molecule has 0 aliphatic carbocycles. The molecule has 18 heavy (non-hydrogen) atoms. The minimum absolute atomic E-state index is 0.493. The molecule has 4 heteroatoms. The molecule has 1 aliphatic heterocycles. The van der Waals surface area contributed by atoms with Gasteiger partial charge in [-0.05, 0) is 24.6 Å². The largest absolute Gasteiger partial charge is 0.368 e. The minimum atomic E-state index is 0.493. The van der Waals surface area contributed by atoms with E-state index in [-0.39, 0.29) is 0 Å². The van der Waals surface area contributed by atoms with Crippen molar-refractivity contribution in [3.8, 4) is 12.1 Å².